The maximum absolute atomic E-state index is 11.7. The van der Waals surface area contributed by atoms with Gasteiger partial charge in [0.15, 0.2) is 5.76 Å². The molecule has 0 aromatic carbocycles. The van der Waals surface area contributed by atoms with E-state index in [-0.39, 0.29) is 11.5 Å². The van der Waals surface area contributed by atoms with Gasteiger partial charge >= 0.3 is 5.97 Å². The minimum atomic E-state index is -1.43. The third-order valence-corrected chi connectivity index (χ3v) is 2.01. The number of carboxylic acids is 1. The molecule has 17 heavy (non-hydrogen) atoms. The first-order chi connectivity index (χ1) is 8.09. The highest BCUT2D eigenvalue weighted by molar-refractivity contribution is 6.06. The van der Waals surface area contributed by atoms with Crippen LogP contribution < -0.4 is 5.56 Å². The molecule has 0 unspecified atom stereocenters. The minimum Gasteiger partial charge on any atom is -0.477 e. The third-order valence-electron chi connectivity index (χ3n) is 2.01. The smallest absolute Gasteiger partial charge is 0.341 e. The van der Waals surface area contributed by atoms with E-state index in [1.54, 1.807) is 0 Å². The first kappa shape index (κ1) is 10.8. The van der Waals surface area contributed by atoms with Crippen LogP contribution in [0.2, 0.25) is 0 Å². The fourth-order valence-corrected chi connectivity index (χ4v) is 1.21. The molecule has 2 N–H and O–H groups in total. The topological polar surface area (TPSA) is 113 Å². The maximum atomic E-state index is 11.7. The molecule has 0 bridgehead atoms. The zero-order chi connectivity index (χ0) is 12.4. The molecule has 7 heteroatoms. The number of carboxylic acid groups (broad SMARTS) is 1. The molecule has 2 heterocycles. The number of aromatic carboxylic acids is 1. The second-order valence-electron chi connectivity index (χ2n) is 3.11. The number of carbonyl (C=O) groups excluding carboxylic acids is 1. The van der Waals surface area contributed by atoms with Crippen LogP contribution in [0.25, 0.3) is 0 Å². The van der Waals surface area contributed by atoms with Gasteiger partial charge in [-0.1, -0.05) is 0 Å². The van der Waals surface area contributed by atoms with Crippen LogP contribution in [-0.4, -0.2) is 27.1 Å². The summed E-state index contributed by atoms with van der Waals surface area (Å²) in [6.45, 7) is 0. The number of aromatic amines is 1. The van der Waals surface area contributed by atoms with E-state index >= 15 is 0 Å². The average molecular weight is 234 g/mol. The Labute approximate surface area is 93.7 Å². The van der Waals surface area contributed by atoms with Crippen LogP contribution in [0.3, 0.4) is 0 Å². The van der Waals surface area contributed by atoms with Crippen molar-refractivity contribution >= 4 is 11.8 Å². The number of nitrogens with zero attached hydrogens (tertiary/aromatic N) is 1. The van der Waals surface area contributed by atoms with Gasteiger partial charge < -0.3 is 9.52 Å². The Morgan fingerprint density at radius 2 is 2.18 bits per heavy atom. The lowest BCUT2D eigenvalue weighted by atomic mass is 10.2. The van der Waals surface area contributed by atoms with Gasteiger partial charge in [0, 0.05) is 0 Å². The number of rotatable bonds is 3. The van der Waals surface area contributed by atoms with Crippen LogP contribution in [0, 0.1) is 0 Å². The van der Waals surface area contributed by atoms with Crippen LogP contribution in [0.1, 0.15) is 26.6 Å². The Balaban J connectivity index is 2.48. The SMILES string of the molecule is O=C(c1cc(C(=O)O)c(=O)[nH]n1)c1ccco1. The summed E-state index contributed by atoms with van der Waals surface area (Å²) in [5.74, 6) is -2.02. The van der Waals surface area contributed by atoms with Crippen LogP contribution >= 0.6 is 0 Å². The van der Waals surface area contributed by atoms with Gasteiger partial charge in [-0.2, -0.15) is 5.10 Å². The van der Waals surface area contributed by atoms with Gasteiger partial charge in [0.25, 0.3) is 5.56 Å². The van der Waals surface area contributed by atoms with Gasteiger partial charge in [-0.15, -0.1) is 0 Å². The van der Waals surface area contributed by atoms with Crippen LogP contribution in [-0.2, 0) is 0 Å². The van der Waals surface area contributed by atoms with Gasteiger partial charge in [0.05, 0.1) is 6.26 Å². The summed E-state index contributed by atoms with van der Waals surface area (Å²) in [7, 11) is 0. The molecule has 7 nitrogen and oxygen atoms in total. The minimum absolute atomic E-state index is 0.0147. The monoisotopic (exact) mass is 234 g/mol. The molecular weight excluding hydrogens is 228 g/mol. The molecule has 0 radical (unpaired) electrons. The lowest BCUT2D eigenvalue weighted by Crippen LogP contribution is -2.21. The second-order valence-corrected chi connectivity index (χ2v) is 3.11. The summed E-state index contributed by atoms with van der Waals surface area (Å²) in [5.41, 5.74) is -1.61. The zero-order valence-corrected chi connectivity index (χ0v) is 8.34. The molecule has 0 amide bonds. The van der Waals surface area contributed by atoms with Crippen LogP contribution in [0.15, 0.2) is 33.7 Å². The quantitative estimate of drug-likeness (QED) is 0.738. The number of furan rings is 1. The zero-order valence-electron chi connectivity index (χ0n) is 8.34. The van der Waals surface area contributed by atoms with E-state index in [1.165, 1.54) is 18.4 Å². The third kappa shape index (κ3) is 1.98. The predicted molar refractivity (Wildman–Crippen MR) is 54.0 cm³/mol. The van der Waals surface area contributed by atoms with Crippen LogP contribution in [0.4, 0.5) is 0 Å². The van der Waals surface area contributed by atoms with E-state index in [2.05, 4.69) is 5.10 Å². The summed E-state index contributed by atoms with van der Waals surface area (Å²) in [4.78, 5) is 33.5. The van der Waals surface area contributed by atoms with E-state index < -0.39 is 22.9 Å². The van der Waals surface area contributed by atoms with Gasteiger partial charge in [-0.25, -0.2) is 9.89 Å². The number of H-pyrrole nitrogens is 1. The number of ketones is 1. The van der Waals surface area contributed by atoms with Crippen molar-refractivity contribution in [3.8, 4) is 0 Å². The first-order valence-corrected chi connectivity index (χ1v) is 4.51. The molecule has 0 saturated heterocycles. The lowest BCUT2D eigenvalue weighted by molar-refractivity contribution is 0.0694. The summed E-state index contributed by atoms with van der Waals surface area (Å²) >= 11 is 0. The van der Waals surface area contributed by atoms with Crippen molar-refractivity contribution in [1.82, 2.24) is 10.2 Å². The fourth-order valence-electron chi connectivity index (χ4n) is 1.21. The van der Waals surface area contributed by atoms with Gasteiger partial charge in [0.1, 0.15) is 11.3 Å². The summed E-state index contributed by atoms with van der Waals surface area (Å²) in [5, 5.41) is 14.1. The number of hydrogen-bond acceptors (Lipinski definition) is 5. The normalized spacial score (nSPS) is 10.1. The Morgan fingerprint density at radius 1 is 1.41 bits per heavy atom. The van der Waals surface area contributed by atoms with Gasteiger partial charge in [0.2, 0.25) is 5.78 Å². The highest BCUT2D eigenvalue weighted by Gasteiger charge is 2.18. The Kier molecular flexibility index (Phi) is 2.57. The number of aromatic nitrogens is 2. The second kappa shape index (κ2) is 4.05. The first-order valence-electron chi connectivity index (χ1n) is 4.51. The van der Waals surface area contributed by atoms with E-state index in [0.29, 0.717) is 0 Å². The lowest BCUT2D eigenvalue weighted by Gasteiger charge is -1.97. The molecule has 2 aromatic rings. The molecule has 2 aromatic heterocycles. The Morgan fingerprint density at radius 3 is 2.76 bits per heavy atom. The molecule has 0 saturated carbocycles. The summed E-state index contributed by atoms with van der Waals surface area (Å²) < 4.78 is 4.85. The number of nitrogens with one attached hydrogen (secondary N) is 1. The molecule has 0 aliphatic rings. The molecule has 0 spiro atoms. The Bertz CT molecular complexity index is 626. The van der Waals surface area contributed by atoms with Crippen molar-refractivity contribution in [2.45, 2.75) is 0 Å². The molecule has 86 valence electrons. The Hall–Kier alpha value is -2.70. The van der Waals surface area contributed by atoms with Gasteiger partial charge in [-0.05, 0) is 18.2 Å². The highest BCUT2D eigenvalue weighted by atomic mass is 16.4. The highest BCUT2D eigenvalue weighted by Crippen LogP contribution is 2.07. The van der Waals surface area contributed by atoms with E-state index in [1.807, 2.05) is 5.10 Å². The van der Waals surface area contributed by atoms with Crippen molar-refractivity contribution in [3.05, 3.63) is 51.8 Å². The van der Waals surface area contributed by atoms with E-state index in [9.17, 15) is 14.4 Å². The molecule has 0 atom stereocenters. The molecular formula is C10H6N2O5. The number of carbonyl (C=O) groups is 2. The molecule has 0 aliphatic carbocycles. The van der Waals surface area contributed by atoms with Crippen molar-refractivity contribution in [1.29, 1.82) is 0 Å². The summed E-state index contributed by atoms with van der Waals surface area (Å²) in [6, 6.07) is 3.83. The van der Waals surface area contributed by atoms with E-state index in [4.69, 9.17) is 9.52 Å². The van der Waals surface area contributed by atoms with Crippen molar-refractivity contribution in [2.75, 3.05) is 0 Å². The predicted octanol–water partition coefficient (Wildman–Crippen LogP) is 0.292. The molecule has 2 rings (SSSR count). The maximum Gasteiger partial charge on any atom is 0.341 e. The van der Waals surface area contributed by atoms with Crippen LogP contribution in [0.5, 0.6) is 0 Å². The summed E-state index contributed by atoms with van der Waals surface area (Å²) in [6.07, 6.45) is 1.30. The molecule has 0 aliphatic heterocycles. The van der Waals surface area contributed by atoms with E-state index in [0.717, 1.165) is 6.07 Å². The average Bonchev–Trinajstić information content (AvgIpc) is 2.81. The standard InChI is InChI=1S/C10H6N2O5/c13-8(7-2-1-3-17-7)6-4-5(10(15)16)9(14)12-11-6/h1-4H,(H,12,14)(H,15,16). The number of hydrogen-bond donors (Lipinski definition) is 2. The fraction of sp³-hybridized carbons (Fsp3) is 0. The van der Waals surface area contributed by atoms with Crippen molar-refractivity contribution < 1.29 is 19.1 Å². The largest absolute Gasteiger partial charge is 0.477 e. The molecule has 0 fully saturated rings. The van der Waals surface area contributed by atoms with Gasteiger partial charge in [-0.3, -0.25) is 9.59 Å². The van der Waals surface area contributed by atoms with Crippen molar-refractivity contribution in [2.24, 2.45) is 0 Å². The van der Waals surface area contributed by atoms with Crippen molar-refractivity contribution in [3.63, 3.8) is 0 Å².